The summed E-state index contributed by atoms with van der Waals surface area (Å²) < 4.78 is 5.47. The zero-order chi connectivity index (χ0) is 13.7. The third-order valence-electron chi connectivity index (χ3n) is 3.66. The average molecular weight is 265 g/mol. The van der Waals surface area contributed by atoms with E-state index in [9.17, 15) is 4.79 Å². The normalized spacial score (nSPS) is 20.4. The molecule has 0 saturated carbocycles. The zero-order valence-electron chi connectivity index (χ0n) is 11.5. The van der Waals surface area contributed by atoms with Crippen molar-refractivity contribution in [1.29, 1.82) is 0 Å². The van der Waals surface area contributed by atoms with Gasteiger partial charge in [0, 0.05) is 19.6 Å². The molecule has 0 aromatic carbocycles. The predicted octanol–water partition coefficient (Wildman–Crippen LogP) is 0.875. The molecule has 3 N–H and O–H groups in total. The number of hydrogen-bond acceptors (Lipinski definition) is 4. The van der Waals surface area contributed by atoms with E-state index < -0.39 is 0 Å². The molecule has 19 heavy (non-hydrogen) atoms. The summed E-state index contributed by atoms with van der Waals surface area (Å²) in [4.78, 5) is 14.2. The lowest BCUT2D eigenvalue weighted by Crippen LogP contribution is -2.43. The van der Waals surface area contributed by atoms with E-state index in [0.717, 1.165) is 38.2 Å². The van der Waals surface area contributed by atoms with Crippen molar-refractivity contribution in [2.75, 3.05) is 26.2 Å². The van der Waals surface area contributed by atoms with Crippen LogP contribution in [0.15, 0.2) is 16.7 Å². The fourth-order valence-corrected chi connectivity index (χ4v) is 2.52. The molecule has 1 aromatic rings. The highest BCUT2D eigenvalue weighted by Crippen LogP contribution is 2.20. The number of rotatable bonds is 5. The van der Waals surface area contributed by atoms with Crippen molar-refractivity contribution >= 4 is 5.91 Å². The van der Waals surface area contributed by atoms with Gasteiger partial charge in [-0.25, -0.2) is 0 Å². The van der Waals surface area contributed by atoms with E-state index in [4.69, 9.17) is 10.2 Å². The molecule has 2 heterocycles. The molecule has 1 atom stereocenters. The number of nitrogens with one attached hydrogen (secondary N) is 1. The van der Waals surface area contributed by atoms with Gasteiger partial charge < -0.3 is 15.5 Å². The SMILES string of the molecule is Cc1ccoc1CN1CCCC(C(=O)NCCN)C1. The molecule has 1 fully saturated rings. The third-order valence-corrected chi connectivity index (χ3v) is 3.66. The fourth-order valence-electron chi connectivity index (χ4n) is 2.52. The Kier molecular flexibility index (Phi) is 4.99. The second kappa shape index (κ2) is 6.73. The Labute approximate surface area is 114 Å². The molecule has 0 aliphatic carbocycles. The van der Waals surface area contributed by atoms with Crippen LogP contribution in [0.4, 0.5) is 0 Å². The maximum Gasteiger partial charge on any atom is 0.224 e. The highest BCUT2D eigenvalue weighted by molar-refractivity contribution is 5.78. The van der Waals surface area contributed by atoms with Gasteiger partial charge in [-0.1, -0.05) is 0 Å². The van der Waals surface area contributed by atoms with Gasteiger partial charge in [-0.05, 0) is 37.9 Å². The van der Waals surface area contributed by atoms with E-state index >= 15 is 0 Å². The molecule has 1 saturated heterocycles. The first-order chi connectivity index (χ1) is 9.20. The summed E-state index contributed by atoms with van der Waals surface area (Å²) in [7, 11) is 0. The number of nitrogens with zero attached hydrogens (tertiary/aromatic N) is 1. The summed E-state index contributed by atoms with van der Waals surface area (Å²) in [6.45, 7) is 5.73. The number of furan rings is 1. The van der Waals surface area contributed by atoms with Crippen LogP contribution in [0, 0.1) is 12.8 Å². The largest absolute Gasteiger partial charge is 0.468 e. The van der Waals surface area contributed by atoms with Gasteiger partial charge in [-0.15, -0.1) is 0 Å². The molecule has 5 nitrogen and oxygen atoms in total. The Morgan fingerprint density at radius 2 is 2.47 bits per heavy atom. The Bertz CT molecular complexity index is 417. The number of piperidine rings is 1. The van der Waals surface area contributed by atoms with Crippen molar-refractivity contribution in [3.8, 4) is 0 Å². The summed E-state index contributed by atoms with van der Waals surface area (Å²) in [5, 5.41) is 2.88. The summed E-state index contributed by atoms with van der Waals surface area (Å²) in [5.41, 5.74) is 6.58. The summed E-state index contributed by atoms with van der Waals surface area (Å²) in [5.74, 6) is 1.21. The van der Waals surface area contributed by atoms with Gasteiger partial charge in [-0.2, -0.15) is 0 Å². The Morgan fingerprint density at radius 1 is 1.63 bits per heavy atom. The van der Waals surface area contributed by atoms with Gasteiger partial charge in [0.05, 0.1) is 18.7 Å². The van der Waals surface area contributed by atoms with Crippen LogP contribution in [0.2, 0.25) is 0 Å². The topological polar surface area (TPSA) is 71.5 Å². The molecule has 1 amide bonds. The fraction of sp³-hybridized carbons (Fsp3) is 0.643. The lowest BCUT2D eigenvalue weighted by Gasteiger charge is -2.31. The van der Waals surface area contributed by atoms with Crippen molar-refractivity contribution in [2.45, 2.75) is 26.3 Å². The van der Waals surface area contributed by atoms with E-state index in [2.05, 4.69) is 10.2 Å². The second-order valence-electron chi connectivity index (χ2n) is 5.18. The number of likely N-dealkylation sites (tertiary alicyclic amines) is 1. The van der Waals surface area contributed by atoms with Crippen LogP contribution >= 0.6 is 0 Å². The predicted molar refractivity (Wildman–Crippen MR) is 73.5 cm³/mol. The van der Waals surface area contributed by atoms with E-state index in [1.54, 1.807) is 6.26 Å². The van der Waals surface area contributed by atoms with Gasteiger partial charge in [0.1, 0.15) is 5.76 Å². The molecule has 0 bridgehead atoms. The van der Waals surface area contributed by atoms with Gasteiger partial charge >= 0.3 is 0 Å². The quantitative estimate of drug-likeness (QED) is 0.829. The van der Waals surface area contributed by atoms with Crippen molar-refractivity contribution in [1.82, 2.24) is 10.2 Å². The third kappa shape index (κ3) is 3.81. The maximum absolute atomic E-state index is 12.0. The lowest BCUT2D eigenvalue weighted by atomic mass is 9.97. The van der Waals surface area contributed by atoms with Crippen LogP contribution in [0.3, 0.4) is 0 Å². The molecule has 1 unspecified atom stereocenters. The second-order valence-corrected chi connectivity index (χ2v) is 5.18. The number of amides is 1. The number of hydrogen-bond donors (Lipinski definition) is 2. The van der Waals surface area contributed by atoms with Crippen molar-refractivity contribution in [3.05, 3.63) is 23.7 Å². The molecule has 1 aliphatic heterocycles. The Balaban J connectivity index is 1.86. The van der Waals surface area contributed by atoms with E-state index in [0.29, 0.717) is 13.1 Å². The van der Waals surface area contributed by atoms with Crippen LogP contribution in [-0.4, -0.2) is 37.0 Å². The summed E-state index contributed by atoms with van der Waals surface area (Å²) in [6.07, 6.45) is 3.74. The molecule has 1 aromatic heterocycles. The van der Waals surface area contributed by atoms with Crippen molar-refractivity contribution < 1.29 is 9.21 Å². The highest BCUT2D eigenvalue weighted by Gasteiger charge is 2.26. The summed E-state index contributed by atoms with van der Waals surface area (Å²) in [6, 6.07) is 1.98. The van der Waals surface area contributed by atoms with Crippen molar-refractivity contribution in [2.24, 2.45) is 11.7 Å². The Hall–Kier alpha value is -1.33. The van der Waals surface area contributed by atoms with Crippen LogP contribution in [-0.2, 0) is 11.3 Å². The lowest BCUT2D eigenvalue weighted by molar-refractivity contribution is -0.126. The molecule has 106 valence electrons. The van der Waals surface area contributed by atoms with Gasteiger partial charge in [-0.3, -0.25) is 9.69 Å². The molecule has 0 radical (unpaired) electrons. The van der Waals surface area contributed by atoms with Crippen LogP contribution in [0.5, 0.6) is 0 Å². The first-order valence-electron chi connectivity index (χ1n) is 6.94. The number of carbonyl (C=O) groups is 1. The van der Waals surface area contributed by atoms with Gasteiger partial charge in [0.2, 0.25) is 5.91 Å². The molecular weight excluding hydrogens is 242 g/mol. The van der Waals surface area contributed by atoms with Crippen molar-refractivity contribution in [3.63, 3.8) is 0 Å². The zero-order valence-corrected chi connectivity index (χ0v) is 11.5. The van der Waals surface area contributed by atoms with E-state index in [1.165, 1.54) is 5.56 Å². The molecule has 5 heteroatoms. The minimum absolute atomic E-state index is 0.0792. The van der Waals surface area contributed by atoms with Crippen LogP contribution in [0.25, 0.3) is 0 Å². The Morgan fingerprint density at radius 3 is 3.16 bits per heavy atom. The maximum atomic E-state index is 12.0. The minimum atomic E-state index is 0.0792. The number of aryl methyl sites for hydroxylation is 1. The van der Waals surface area contributed by atoms with Gasteiger partial charge in [0.15, 0.2) is 0 Å². The molecule has 2 rings (SSSR count). The standard InChI is InChI=1S/C14H23N3O2/c1-11-4-8-19-13(11)10-17-7-2-3-12(9-17)14(18)16-6-5-15/h4,8,12H,2-3,5-7,9-10,15H2,1H3,(H,16,18). The van der Waals surface area contributed by atoms with Crippen LogP contribution in [0.1, 0.15) is 24.2 Å². The number of nitrogens with two attached hydrogens (primary N) is 1. The monoisotopic (exact) mass is 265 g/mol. The van der Waals surface area contributed by atoms with E-state index in [1.807, 2.05) is 13.0 Å². The van der Waals surface area contributed by atoms with Crippen LogP contribution < -0.4 is 11.1 Å². The first kappa shape index (κ1) is 14.1. The first-order valence-corrected chi connectivity index (χ1v) is 6.94. The molecule has 0 spiro atoms. The van der Waals surface area contributed by atoms with Gasteiger partial charge in [0.25, 0.3) is 0 Å². The molecular formula is C14H23N3O2. The molecule has 1 aliphatic rings. The summed E-state index contributed by atoms with van der Waals surface area (Å²) >= 11 is 0. The smallest absolute Gasteiger partial charge is 0.224 e. The average Bonchev–Trinajstić information content (AvgIpc) is 2.82. The number of carbonyl (C=O) groups excluding carboxylic acids is 1. The highest BCUT2D eigenvalue weighted by atomic mass is 16.3. The van der Waals surface area contributed by atoms with E-state index in [-0.39, 0.29) is 11.8 Å². The minimum Gasteiger partial charge on any atom is -0.468 e.